The van der Waals surface area contributed by atoms with E-state index in [1.54, 1.807) is 0 Å². The van der Waals surface area contributed by atoms with Crippen molar-refractivity contribution in [3.05, 3.63) is 119 Å². The number of aromatic nitrogens is 4. The summed E-state index contributed by atoms with van der Waals surface area (Å²) in [5.74, 6) is 3.18. The molecule has 3 atom stereocenters. The molecule has 3 aromatic carbocycles. The molecule has 1 aliphatic rings. The highest BCUT2D eigenvalue weighted by Crippen LogP contribution is 2.43. The van der Waals surface area contributed by atoms with Gasteiger partial charge in [0.2, 0.25) is 0 Å². The van der Waals surface area contributed by atoms with Crippen molar-refractivity contribution in [1.82, 2.24) is 19.3 Å². The molecule has 0 spiro atoms. The van der Waals surface area contributed by atoms with Gasteiger partial charge in [-0.3, -0.25) is 4.57 Å². The topological polar surface area (TPSA) is 44.9 Å². The van der Waals surface area contributed by atoms with Gasteiger partial charge in [0.05, 0.1) is 22.4 Å². The minimum absolute atomic E-state index is 0.327. The molecule has 0 aliphatic heterocycles. The molecule has 1 unspecified atom stereocenters. The van der Waals surface area contributed by atoms with Crippen LogP contribution in [-0.2, 0) is 0 Å². The fourth-order valence-electron chi connectivity index (χ4n) is 7.48. The van der Waals surface area contributed by atoms with Gasteiger partial charge in [0, 0.05) is 52.3 Å². The Kier molecular flexibility index (Phi) is 6.88. The van der Waals surface area contributed by atoms with Crippen LogP contribution in [0.5, 0.6) is 11.5 Å². The maximum atomic E-state index is 14.3. The van der Waals surface area contributed by atoms with E-state index in [0.717, 1.165) is 44.5 Å². The smallest absolute Gasteiger partial charge is 0.140 e. The Bertz CT molecular complexity index is 2080. The number of pyridine rings is 1. The van der Waals surface area contributed by atoms with Gasteiger partial charge in [-0.2, -0.15) is 5.10 Å². The van der Waals surface area contributed by atoms with E-state index in [1.807, 2.05) is 41.0 Å². The normalized spacial score (nSPS) is 18.6. The number of halogens is 1. The van der Waals surface area contributed by atoms with Crippen LogP contribution in [0.15, 0.2) is 90.6 Å². The molecule has 0 saturated carbocycles. The van der Waals surface area contributed by atoms with Crippen LogP contribution in [0.1, 0.15) is 55.6 Å². The molecule has 0 amide bonds. The number of allylic oxidation sites excluding steroid dienone is 2. The van der Waals surface area contributed by atoms with E-state index in [1.165, 1.54) is 41.6 Å². The second-order valence-electron chi connectivity index (χ2n) is 12.5. The minimum Gasteiger partial charge on any atom is -0.457 e. The Hall–Kier alpha value is -4.71. The Morgan fingerprint density at radius 1 is 0.841 bits per heavy atom. The number of benzene rings is 3. The Labute approximate surface area is 257 Å². The standard InChI is InChI=1S/C38H37FN4O/c1-22-15-24(3)37(25(4)16-22)38-26(5)41-43(27(38)6)29-17-23(2)18-31(20-29)44-30-11-12-33-32-9-7-8-10-34(32)42(35(33)21-30)36-19-28(39)13-14-40-36/h7-15,17-22,25,37H,16H2,1-6H3/t22?,25-,37+/m0/s1. The van der Waals surface area contributed by atoms with Gasteiger partial charge in [0.15, 0.2) is 0 Å². The Morgan fingerprint density at radius 2 is 1.64 bits per heavy atom. The van der Waals surface area contributed by atoms with Crippen LogP contribution in [0.25, 0.3) is 33.3 Å². The molecule has 6 heteroatoms. The number of nitrogens with zero attached hydrogens (tertiary/aromatic N) is 4. The summed E-state index contributed by atoms with van der Waals surface area (Å²) in [6.45, 7) is 13.3. The molecule has 0 radical (unpaired) electrons. The first-order valence-electron chi connectivity index (χ1n) is 15.4. The van der Waals surface area contributed by atoms with Crippen molar-refractivity contribution < 1.29 is 9.13 Å². The van der Waals surface area contributed by atoms with Gasteiger partial charge in [-0.05, 0) is 87.9 Å². The number of fused-ring (bicyclic) bond motifs is 3. The first kappa shape index (κ1) is 28.1. The maximum absolute atomic E-state index is 14.3. The number of hydrogen-bond acceptors (Lipinski definition) is 3. The van der Waals surface area contributed by atoms with Crippen molar-refractivity contribution in [1.29, 1.82) is 0 Å². The number of rotatable bonds is 5. The third-order valence-electron chi connectivity index (χ3n) is 9.11. The molecule has 1 aliphatic carbocycles. The molecule has 3 heterocycles. The summed E-state index contributed by atoms with van der Waals surface area (Å²) in [5, 5.41) is 7.17. The second kappa shape index (κ2) is 10.8. The van der Waals surface area contributed by atoms with Crippen LogP contribution in [0, 0.1) is 38.4 Å². The lowest BCUT2D eigenvalue weighted by Gasteiger charge is -2.32. The average Bonchev–Trinajstić information content (AvgIpc) is 3.45. The fourth-order valence-corrected chi connectivity index (χ4v) is 7.48. The largest absolute Gasteiger partial charge is 0.457 e. The number of para-hydroxylation sites is 1. The molecule has 5 nitrogen and oxygen atoms in total. The van der Waals surface area contributed by atoms with Crippen molar-refractivity contribution in [2.75, 3.05) is 0 Å². The van der Waals surface area contributed by atoms with Crippen molar-refractivity contribution in [2.24, 2.45) is 11.8 Å². The molecule has 3 aromatic heterocycles. The summed E-state index contributed by atoms with van der Waals surface area (Å²) in [6.07, 6.45) is 5.12. The molecule has 0 bridgehead atoms. The van der Waals surface area contributed by atoms with Gasteiger partial charge < -0.3 is 4.74 Å². The van der Waals surface area contributed by atoms with Gasteiger partial charge in [0.1, 0.15) is 23.1 Å². The molecule has 7 rings (SSSR count). The van der Waals surface area contributed by atoms with Crippen LogP contribution >= 0.6 is 0 Å². The van der Waals surface area contributed by atoms with Crippen LogP contribution in [0.2, 0.25) is 0 Å². The minimum atomic E-state index is -0.327. The third-order valence-corrected chi connectivity index (χ3v) is 9.11. The van der Waals surface area contributed by atoms with E-state index in [-0.39, 0.29) is 5.82 Å². The van der Waals surface area contributed by atoms with E-state index in [4.69, 9.17) is 9.84 Å². The molecule has 44 heavy (non-hydrogen) atoms. The fraction of sp³-hybridized carbons (Fsp3) is 0.263. The number of ether oxygens (including phenoxy) is 1. The number of hydrogen-bond donors (Lipinski definition) is 0. The molecular formula is C38H37FN4O. The number of aryl methyl sites for hydroxylation is 2. The molecule has 0 fully saturated rings. The molecule has 6 aromatic rings. The zero-order chi connectivity index (χ0) is 30.7. The summed E-state index contributed by atoms with van der Waals surface area (Å²) in [4.78, 5) is 4.49. The lowest BCUT2D eigenvalue weighted by molar-refractivity contribution is 0.390. The van der Waals surface area contributed by atoms with Crippen LogP contribution in [0.4, 0.5) is 4.39 Å². The summed E-state index contributed by atoms with van der Waals surface area (Å²) in [6, 6.07) is 23.2. The van der Waals surface area contributed by atoms with Crippen LogP contribution in [0.3, 0.4) is 0 Å². The molecule has 222 valence electrons. The molecule has 0 N–H and O–H groups in total. The maximum Gasteiger partial charge on any atom is 0.140 e. The molecule has 0 saturated heterocycles. The Morgan fingerprint density at radius 3 is 2.43 bits per heavy atom. The van der Waals surface area contributed by atoms with E-state index in [2.05, 4.69) is 81.5 Å². The highest BCUT2D eigenvalue weighted by molar-refractivity contribution is 6.09. The predicted octanol–water partition coefficient (Wildman–Crippen LogP) is 9.93. The highest BCUT2D eigenvalue weighted by Gasteiger charge is 2.31. The summed E-state index contributed by atoms with van der Waals surface area (Å²) >= 11 is 0. The quantitative estimate of drug-likeness (QED) is 0.189. The third kappa shape index (κ3) is 4.79. The summed E-state index contributed by atoms with van der Waals surface area (Å²) < 4.78 is 24.8. The second-order valence-corrected chi connectivity index (χ2v) is 12.5. The van der Waals surface area contributed by atoms with Gasteiger partial charge >= 0.3 is 0 Å². The highest BCUT2D eigenvalue weighted by atomic mass is 19.1. The van der Waals surface area contributed by atoms with Crippen molar-refractivity contribution in [2.45, 2.75) is 53.9 Å². The lowest BCUT2D eigenvalue weighted by atomic mass is 9.72. The van der Waals surface area contributed by atoms with Crippen molar-refractivity contribution in [3.8, 4) is 23.0 Å². The van der Waals surface area contributed by atoms with Gasteiger partial charge in [-0.15, -0.1) is 0 Å². The van der Waals surface area contributed by atoms with Crippen molar-refractivity contribution in [3.63, 3.8) is 0 Å². The zero-order valence-corrected chi connectivity index (χ0v) is 26.1. The van der Waals surface area contributed by atoms with E-state index in [9.17, 15) is 4.39 Å². The zero-order valence-electron chi connectivity index (χ0n) is 26.1. The lowest BCUT2D eigenvalue weighted by Crippen LogP contribution is -2.20. The van der Waals surface area contributed by atoms with Crippen LogP contribution < -0.4 is 4.74 Å². The average molecular weight is 585 g/mol. The van der Waals surface area contributed by atoms with E-state index in [0.29, 0.717) is 29.3 Å². The summed E-state index contributed by atoms with van der Waals surface area (Å²) in [7, 11) is 0. The molecular weight excluding hydrogens is 547 g/mol. The van der Waals surface area contributed by atoms with E-state index >= 15 is 0 Å². The van der Waals surface area contributed by atoms with Crippen LogP contribution in [-0.4, -0.2) is 19.3 Å². The first-order valence-corrected chi connectivity index (χ1v) is 15.4. The summed E-state index contributed by atoms with van der Waals surface area (Å²) in [5.41, 5.74) is 8.95. The first-order chi connectivity index (χ1) is 21.2. The Balaban J connectivity index is 1.28. The van der Waals surface area contributed by atoms with Gasteiger partial charge in [0.25, 0.3) is 0 Å². The predicted molar refractivity (Wildman–Crippen MR) is 176 cm³/mol. The van der Waals surface area contributed by atoms with Crippen molar-refractivity contribution >= 4 is 21.8 Å². The van der Waals surface area contributed by atoms with Gasteiger partial charge in [-0.25, -0.2) is 14.1 Å². The SMILES string of the molecule is CC1=CC(C)C[C@H](C)[C@@H]1c1c(C)nn(-c2cc(C)cc(Oc3ccc4c5ccccc5n(-c5cc(F)ccn5)c4c3)c2)c1C. The van der Waals surface area contributed by atoms with E-state index < -0.39 is 0 Å². The monoisotopic (exact) mass is 584 g/mol. The van der Waals surface area contributed by atoms with Gasteiger partial charge in [-0.1, -0.05) is 43.7 Å².